The first-order valence-corrected chi connectivity index (χ1v) is 11.2. The van der Waals surface area contributed by atoms with E-state index in [9.17, 15) is 5.11 Å². The summed E-state index contributed by atoms with van der Waals surface area (Å²) in [7, 11) is 1.67. The van der Waals surface area contributed by atoms with E-state index >= 15 is 0 Å². The van der Waals surface area contributed by atoms with E-state index in [1.807, 2.05) is 61.5 Å². The number of rotatable bonds is 12. The molecule has 1 aromatic heterocycles. The number of aliphatic hydroxyl groups is 1. The van der Waals surface area contributed by atoms with Gasteiger partial charge in [-0.2, -0.15) is 0 Å². The maximum absolute atomic E-state index is 10.5. The molecule has 3 aromatic rings. The third-order valence-electron chi connectivity index (χ3n) is 5.44. The molecule has 6 heteroatoms. The minimum atomic E-state index is -0.626. The Morgan fingerprint density at radius 2 is 1.88 bits per heavy atom. The highest BCUT2D eigenvalue weighted by atomic mass is 16.5. The highest BCUT2D eigenvalue weighted by Gasteiger charge is 2.19. The number of aromatic nitrogens is 1. The molecule has 3 rings (SSSR count). The SMILES string of the molecule is COc1ccc(CCC(C)(C)NCC(O)COc2ccccc2/C=C\c2cc(C)no2)cc1. The number of methoxy groups -OCH3 is 1. The number of para-hydroxylation sites is 1. The summed E-state index contributed by atoms with van der Waals surface area (Å²) < 4.78 is 16.3. The Bertz CT molecular complexity index is 1020. The number of ether oxygens (including phenoxy) is 2. The molecule has 1 heterocycles. The van der Waals surface area contributed by atoms with Crippen LogP contribution in [0.15, 0.2) is 59.1 Å². The van der Waals surface area contributed by atoms with Crippen LogP contribution in [0.2, 0.25) is 0 Å². The Morgan fingerprint density at radius 1 is 1.12 bits per heavy atom. The number of nitrogens with one attached hydrogen (secondary N) is 1. The summed E-state index contributed by atoms with van der Waals surface area (Å²) in [5.74, 6) is 2.26. The molecule has 0 amide bonds. The van der Waals surface area contributed by atoms with Crippen LogP contribution in [0.4, 0.5) is 0 Å². The molecule has 33 heavy (non-hydrogen) atoms. The van der Waals surface area contributed by atoms with Crippen molar-refractivity contribution < 1.29 is 19.1 Å². The molecule has 1 atom stereocenters. The number of benzene rings is 2. The van der Waals surface area contributed by atoms with Crippen molar-refractivity contribution in [2.24, 2.45) is 0 Å². The van der Waals surface area contributed by atoms with Crippen LogP contribution in [-0.2, 0) is 6.42 Å². The molecule has 176 valence electrons. The molecule has 0 fully saturated rings. The predicted octanol–water partition coefficient (Wildman–Crippen LogP) is 4.90. The van der Waals surface area contributed by atoms with E-state index in [4.69, 9.17) is 14.0 Å². The Labute approximate surface area is 196 Å². The van der Waals surface area contributed by atoms with Gasteiger partial charge in [0.05, 0.1) is 12.8 Å². The van der Waals surface area contributed by atoms with Crippen molar-refractivity contribution in [3.05, 3.63) is 77.2 Å². The van der Waals surface area contributed by atoms with Crippen molar-refractivity contribution in [1.82, 2.24) is 10.5 Å². The minimum Gasteiger partial charge on any atom is -0.497 e. The molecular weight excluding hydrogens is 416 g/mol. The Balaban J connectivity index is 1.45. The van der Waals surface area contributed by atoms with Crippen LogP contribution >= 0.6 is 0 Å². The van der Waals surface area contributed by atoms with Gasteiger partial charge >= 0.3 is 0 Å². The van der Waals surface area contributed by atoms with E-state index < -0.39 is 6.10 Å². The van der Waals surface area contributed by atoms with Crippen molar-refractivity contribution in [2.75, 3.05) is 20.3 Å². The van der Waals surface area contributed by atoms with Crippen molar-refractivity contribution in [2.45, 2.75) is 45.3 Å². The van der Waals surface area contributed by atoms with E-state index in [0.29, 0.717) is 18.1 Å². The monoisotopic (exact) mass is 450 g/mol. The largest absolute Gasteiger partial charge is 0.497 e. The maximum Gasteiger partial charge on any atom is 0.159 e. The van der Waals surface area contributed by atoms with E-state index in [-0.39, 0.29) is 12.1 Å². The fourth-order valence-corrected chi connectivity index (χ4v) is 3.36. The maximum atomic E-state index is 10.5. The third-order valence-corrected chi connectivity index (χ3v) is 5.44. The predicted molar refractivity (Wildman–Crippen MR) is 132 cm³/mol. The first-order chi connectivity index (χ1) is 15.8. The van der Waals surface area contributed by atoms with Crippen molar-refractivity contribution in [1.29, 1.82) is 0 Å². The van der Waals surface area contributed by atoms with Crippen LogP contribution in [-0.4, -0.2) is 42.2 Å². The van der Waals surface area contributed by atoms with Gasteiger partial charge in [-0.25, -0.2) is 0 Å². The van der Waals surface area contributed by atoms with E-state index in [0.717, 1.165) is 29.8 Å². The van der Waals surface area contributed by atoms with E-state index in [2.05, 4.69) is 36.5 Å². The molecule has 0 aliphatic carbocycles. The van der Waals surface area contributed by atoms with Gasteiger partial charge in [0, 0.05) is 23.7 Å². The number of aryl methyl sites for hydroxylation is 2. The molecule has 0 aliphatic heterocycles. The van der Waals surface area contributed by atoms with Crippen LogP contribution in [0.1, 0.15) is 42.8 Å². The molecule has 0 saturated heterocycles. The van der Waals surface area contributed by atoms with Gasteiger partial charge < -0.3 is 24.4 Å². The van der Waals surface area contributed by atoms with Crippen LogP contribution in [0, 0.1) is 6.92 Å². The van der Waals surface area contributed by atoms with Gasteiger partial charge in [-0.3, -0.25) is 0 Å². The summed E-state index contributed by atoms with van der Waals surface area (Å²) in [5, 5.41) is 17.8. The molecule has 0 saturated carbocycles. The first-order valence-electron chi connectivity index (χ1n) is 11.2. The van der Waals surface area contributed by atoms with Gasteiger partial charge in [0.1, 0.15) is 24.2 Å². The molecule has 0 spiro atoms. The summed E-state index contributed by atoms with van der Waals surface area (Å²) >= 11 is 0. The second-order valence-electron chi connectivity index (χ2n) is 8.82. The molecule has 0 aliphatic rings. The van der Waals surface area contributed by atoms with Crippen molar-refractivity contribution in [3.63, 3.8) is 0 Å². The smallest absolute Gasteiger partial charge is 0.159 e. The second kappa shape index (κ2) is 11.7. The minimum absolute atomic E-state index is 0.114. The Kier molecular flexibility index (Phi) is 8.69. The fourth-order valence-electron chi connectivity index (χ4n) is 3.36. The Morgan fingerprint density at radius 3 is 2.58 bits per heavy atom. The highest BCUT2D eigenvalue weighted by Crippen LogP contribution is 2.21. The van der Waals surface area contributed by atoms with Crippen LogP contribution < -0.4 is 14.8 Å². The van der Waals surface area contributed by atoms with Gasteiger partial charge in [-0.15, -0.1) is 0 Å². The first kappa shape index (κ1) is 24.6. The van der Waals surface area contributed by atoms with E-state index in [1.54, 1.807) is 7.11 Å². The fraction of sp³-hybridized carbons (Fsp3) is 0.370. The molecule has 0 radical (unpaired) electrons. The zero-order valence-electron chi connectivity index (χ0n) is 19.9. The lowest BCUT2D eigenvalue weighted by Gasteiger charge is -2.28. The topological polar surface area (TPSA) is 76.8 Å². The number of hydrogen-bond donors (Lipinski definition) is 2. The lowest BCUT2D eigenvalue weighted by molar-refractivity contribution is 0.0981. The van der Waals surface area contributed by atoms with Crippen molar-refractivity contribution in [3.8, 4) is 11.5 Å². The summed E-state index contributed by atoms with van der Waals surface area (Å²) in [6.07, 6.45) is 5.04. The van der Waals surface area contributed by atoms with Crippen molar-refractivity contribution >= 4 is 12.2 Å². The second-order valence-corrected chi connectivity index (χ2v) is 8.82. The summed E-state index contributed by atoms with van der Waals surface area (Å²) in [6, 6.07) is 17.7. The number of nitrogens with zero attached hydrogens (tertiary/aromatic N) is 1. The molecular formula is C27H34N2O4. The summed E-state index contributed by atoms with van der Waals surface area (Å²) in [5.41, 5.74) is 2.89. The molecule has 0 bridgehead atoms. The van der Waals surface area contributed by atoms with Crippen LogP contribution in [0.3, 0.4) is 0 Å². The van der Waals surface area contributed by atoms with Gasteiger partial charge in [0.25, 0.3) is 0 Å². The number of aliphatic hydroxyl groups excluding tert-OH is 1. The molecule has 2 aromatic carbocycles. The third kappa shape index (κ3) is 8.08. The van der Waals surface area contributed by atoms with Gasteiger partial charge in [0.2, 0.25) is 0 Å². The zero-order chi connectivity index (χ0) is 23.7. The highest BCUT2D eigenvalue weighted by molar-refractivity contribution is 5.70. The van der Waals surface area contributed by atoms with Gasteiger partial charge in [-0.1, -0.05) is 35.5 Å². The zero-order valence-corrected chi connectivity index (χ0v) is 19.9. The lowest BCUT2D eigenvalue weighted by Crippen LogP contribution is -2.45. The summed E-state index contributed by atoms with van der Waals surface area (Å²) in [6.45, 7) is 6.83. The summed E-state index contributed by atoms with van der Waals surface area (Å²) in [4.78, 5) is 0. The molecule has 1 unspecified atom stereocenters. The lowest BCUT2D eigenvalue weighted by atomic mass is 9.95. The van der Waals surface area contributed by atoms with Gasteiger partial charge in [0.15, 0.2) is 5.76 Å². The molecule has 6 nitrogen and oxygen atoms in total. The Hall–Kier alpha value is -3.09. The van der Waals surface area contributed by atoms with E-state index in [1.165, 1.54) is 5.56 Å². The molecule has 2 N–H and O–H groups in total. The average molecular weight is 451 g/mol. The standard InChI is InChI=1S/C27H34N2O4/c1-20-17-25(33-29-20)14-11-22-7-5-6-8-26(22)32-19-23(30)18-28-27(2,3)16-15-21-9-12-24(31-4)13-10-21/h5-14,17,23,28,30H,15-16,18-19H2,1-4H3/b14-11-. The van der Waals surface area contributed by atoms with Gasteiger partial charge in [-0.05, 0) is 69.5 Å². The number of β-amino-alcohol motifs (C(OH)–C–C–N with tert-alkyl or cyclic N) is 1. The van der Waals surface area contributed by atoms with Crippen LogP contribution in [0.5, 0.6) is 11.5 Å². The normalized spacial score (nSPS) is 12.8. The quantitative estimate of drug-likeness (QED) is 0.409. The van der Waals surface area contributed by atoms with Crippen LogP contribution in [0.25, 0.3) is 12.2 Å². The number of hydrogen-bond acceptors (Lipinski definition) is 6. The average Bonchev–Trinajstić information content (AvgIpc) is 3.24.